The molecule has 0 aliphatic heterocycles. The van der Waals surface area contributed by atoms with Crippen LogP contribution < -0.4 is 4.74 Å². The van der Waals surface area contributed by atoms with E-state index in [1.54, 1.807) is 24.3 Å². The van der Waals surface area contributed by atoms with Crippen molar-refractivity contribution in [3.05, 3.63) is 59.2 Å². The van der Waals surface area contributed by atoms with E-state index in [4.69, 9.17) is 10.00 Å². The molecule has 0 aliphatic rings. The van der Waals surface area contributed by atoms with Gasteiger partial charge in [-0.3, -0.25) is 0 Å². The van der Waals surface area contributed by atoms with Gasteiger partial charge in [0.05, 0.1) is 16.5 Å². The van der Waals surface area contributed by atoms with Crippen LogP contribution in [0.2, 0.25) is 0 Å². The predicted molar refractivity (Wildman–Crippen MR) is 79.8 cm³/mol. The van der Waals surface area contributed by atoms with Crippen molar-refractivity contribution in [1.82, 2.24) is 0 Å². The van der Waals surface area contributed by atoms with Crippen LogP contribution >= 0.6 is 0 Å². The van der Waals surface area contributed by atoms with Gasteiger partial charge in [-0.15, -0.1) is 0 Å². The molecule has 0 unspecified atom stereocenters. The first-order chi connectivity index (χ1) is 9.90. The van der Waals surface area contributed by atoms with Crippen LogP contribution in [0.5, 0.6) is 5.75 Å². The van der Waals surface area contributed by atoms with Gasteiger partial charge in [0.1, 0.15) is 12.4 Å². The third kappa shape index (κ3) is 3.83. The number of nitrogens with zero attached hydrogens (tertiary/aromatic N) is 1. The molecule has 108 valence electrons. The van der Waals surface area contributed by atoms with Crippen molar-refractivity contribution in [3.8, 4) is 11.8 Å². The second-order valence-corrected chi connectivity index (χ2v) is 6.80. The lowest BCUT2D eigenvalue weighted by Gasteiger charge is -2.10. The smallest absolute Gasteiger partial charge is 0.175 e. The summed E-state index contributed by atoms with van der Waals surface area (Å²) in [5.41, 5.74) is 2.53. The van der Waals surface area contributed by atoms with Crippen LogP contribution in [0.25, 0.3) is 0 Å². The molecule has 0 radical (unpaired) electrons. The first kappa shape index (κ1) is 15.1. The summed E-state index contributed by atoms with van der Waals surface area (Å²) in [6.45, 7) is 2.23. The minimum absolute atomic E-state index is 0.233. The Labute approximate surface area is 124 Å². The van der Waals surface area contributed by atoms with Crippen LogP contribution in [-0.2, 0) is 16.4 Å². The number of nitriles is 1. The normalized spacial score (nSPS) is 10.9. The van der Waals surface area contributed by atoms with E-state index in [9.17, 15) is 8.42 Å². The van der Waals surface area contributed by atoms with Gasteiger partial charge in [0.25, 0.3) is 0 Å². The highest BCUT2D eigenvalue weighted by Crippen LogP contribution is 2.19. The zero-order chi connectivity index (χ0) is 15.5. The summed E-state index contributed by atoms with van der Waals surface area (Å²) in [5, 5.41) is 8.83. The molecule has 2 rings (SSSR count). The van der Waals surface area contributed by atoms with Crippen molar-refractivity contribution in [3.63, 3.8) is 0 Å². The number of rotatable bonds is 4. The molecule has 21 heavy (non-hydrogen) atoms. The number of ether oxygens (including phenoxy) is 1. The van der Waals surface area contributed by atoms with Crippen LogP contribution in [0.1, 0.15) is 16.7 Å². The van der Waals surface area contributed by atoms with E-state index in [2.05, 4.69) is 6.07 Å². The highest BCUT2D eigenvalue weighted by molar-refractivity contribution is 7.90. The molecular formula is C16H15NO3S. The Morgan fingerprint density at radius 2 is 1.95 bits per heavy atom. The average Bonchev–Trinajstić information content (AvgIpc) is 2.45. The van der Waals surface area contributed by atoms with Crippen molar-refractivity contribution in [1.29, 1.82) is 5.26 Å². The third-order valence-electron chi connectivity index (χ3n) is 3.10. The van der Waals surface area contributed by atoms with Gasteiger partial charge in [-0.2, -0.15) is 5.26 Å². The highest BCUT2D eigenvalue weighted by Gasteiger charge is 2.08. The highest BCUT2D eigenvalue weighted by atomic mass is 32.2. The fourth-order valence-electron chi connectivity index (χ4n) is 1.88. The number of aryl methyl sites for hydroxylation is 1. The van der Waals surface area contributed by atoms with E-state index in [0.29, 0.717) is 17.9 Å². The first-order valence-electron chi connectivity index (χ1n) is 6.33. The molecule has 0 atom stereocenters. The summed E-state index contributed by atoms with van der Waals surface area (Å²) >= 11 is 0. The fraction of sp³-hybridized carbons (Fsp3) is 0.188. The van der Waals surface area contributed by atoms with Gasteiger partial charge in [-0.25, -0.2) is 8.42 Å². The molecule has 0 saturated carbocycles. The lowest BCUT2D eigenvalue weighted by Crippen LogP contribution is -2.00. The number of hydrogen-bond donors (Lipinski definition) is 0. The monoisotopic (exact) mass is 301 g/mol. The van der Waals surface area contributed by atoms with Gasteiger partial charge in [0.2, 0.25) is 0 Å². The summed E-state index contributed by atoms with van der Waals surface area (Å²) in [7, 11) is -3.24. The molecule has 0 bridgehead atoms. The van der Waals surface area contributed by atoms with Crippen LogP contribution in [0.3, 0.4) is 0 Å². The van der Waals surface area contributed by atoms with Gasteiger partial charge in [-0.1, -0.05) is 12.1 Å². The maximum Gasteiger partial charge on any atom is 0.175 e. The standard InChI is InChI=1S/C16H15NO3S/c1-12-8-13(10-17)6-7-14(12)11-20-15-4-3-5-16(9-15)21(2,18)19/h3-9H,11H2,1-2H3. The zero-order valence-electron chi connectivity index (χ0n) is 11.8. The molecule has 2 aromatic rings. The Kier molecular flexibility index (Phi) is 4.29. The van der Waals surface area contributed by atoms with E-state index in [-0.39, 0.29) is 4.90 Å². The fourth-order valence-corrected chi connectivity index (χ4v) is 2.54. The molecule has 0 amide bonds. The van der Waals surface area contributed by atoms with Crippen molar-refractivity contribution in [2.75, 3.05) is 6.26 Å². The van der Waals surface area contributed by atoms with E-state index < -0.39 is 9.84 Å². The quantitative estimate of drug-likeness (QED) is 0.871. The Bertz CT molecular complexity index is 805. The molecule has 5 heteroatoms. The van der Waals surface area contributed by atoms with Crippen molar-refractivity contribution < 1.29 is 13.2 Å². The maximum absolute atomic E-state index is 11.5. The molecule has 4 nitrogen and oxygen atoms in total. The van der Waals surface area contributed by atoms with E-state index in [0.717, 1.165) is 17.4 Å². The van der Waals surface area contributed by atoms with E-state index in [1.165, 1.54) is 12.1 Å². The Balaban J connectivity index is 2.16. The van der Waals surface area contributed by atoms with Crippen LogP contribution in [-0.4, -0.2) is 14.7 Å². The van der Waals surface area contributed by atoms with Gasteiger partial charge in [0.15, 0.2) is 9.84 Å². The summed E-state index contributed by atoms with van der Waals surface area (Å²) < 4.78 is 28.6. The summed E-state index contributed by atoms with van der Waals surface area (Å²) in [4.78, 5) is 0.233. The van der Waals surface area contributed by atoms with Crippen molar-refractivity contribution >= 4 is 9.84 Å². The van der Waals surface area contributed by atoms with Gasteiger partial charge >= 0.3 is 0 Å². The lowest BCUT2D eigenvalue weighted by atomic mass is 10.1. The molecule has 0 spiro atoms. The Hall–Kier alpha value is -2.32. The van der Waals surface area contributed by atoms with Crippen molar-refractivity contribution in [2.24, 2.45) is 0 Å². The first-order valence-corrected chi connectivity index (χ1v) is 8.22. The van der Waals surface area contributed by atoms with Gasteiger partial charge in [0, 0.05) is 6.26 Å². The molecule has 2 aromatic carbocycles. The summed E-state index contributed by atoms with van der Waals surface area (Å²) in [6, 6.07) is 13.9. The SMILES string of the molecule is Cc1cc(C#N)ccc1COc1cccc(S(C)(=O)=O)c1. The zero-order valence-corrected chi connectivity index (χ0v) is 12.6. The largest absolute Gasteiger partial charge is 0.489 e. The van der Waals surface area contributed by atoms with Gasteiger partial charge < -0.3 is 4.74 Å². The molecule has 0 heterocycles. The molecule has 0 saturated heterocycles. The third-order valence-corrected chi connectivity index (χ3v) is 4.21. The second kappa shape index (κ2) is 5.98. The van der Waals surface area contributed by atoms with Gasteiger partial charge in [-0.05, 0) is 48.4 Å². The minimum atomic E-state index is -3.24. The average molecular weight is 301 g/mol. The number of hydrogen-bond acceptors (Lipinski definition) is 4. The Morgan fingerprint density at radius 1 is 1.19 bits per heavy atom. The lowest BCUT2D eigenvalue weighted by molar-refractivity contribution is 0.304. The molecule has 0 aromatic heterocycles. The van der Waals surface area contributed by atoms with E-state index in [1.807, 2.05) is 13.0 Å². The van der Waals surface area contributed by atoms with Crippen LogP contribution in [0.4, 0.5) is 0 Å². The topological polar surface area (TPSA) is 67.2 Å². The van der Waals surface area contributed by atoms with Crippen LogP contribution in [0, 0.1) is 18.3 Å². The maximum atomic E-state index is 11.5. The van der Waals surface area contributed by atoms with Crippen molar-refractivity contribution in [2.45, 2.75) is 18.4 Å². The number of benzene rings is 2. The van der Waals surface area contributed by atoms with E-state index >= 15 is 0 Å². The molecular weight excluding hydrogens is 286 g/mol. The minimum Gasteiger partial charge on any atom is -0.489 e. The molecule has 0 N–H and O–H groups in total. The Morgan fingerprint density at radius 3 is 2.57 bits per heavy atom. The second-order valence-electron chi connectivity index (χ2n) is 4.79. The predicted octanol–water partition coefficient (Wildman–Crippen LogP) is 2.85. The number of sulfone groups is 1. The molecule has 0 aliphatic carbocycles. The summed E-state index contributed by atoms with van der Waals surface area (Å²) in [5.74, 6) is 0.502. The molecule has 0 fully saturated rings. The summed E-state index contributed by atoms with van der Waals surface area (Å²) in [6.07, 6.45) is 1.16. The van der Waals surface area contributed by atoms with Crippen LogP contribution in [0.15, 0.2) is 47.4 Å².